The van der Waals surface area contributed by atoms with E-state index in [9.17, 15) is 19.8 Å². The van der Waals surface area contributed by atoms with Crippen LogP contribution in [-0.2, 0) is 22.7 Å². The minimum atomic E-state index is -0.637. The Morgan fingerprint density at radius 1 is 0.528 bits per heavy atom. The molecule has 0 amide bonds. The Balaban J connectivity index is 1.23. The summed E-state index contributed by atoms with van der Waals surface area (Å²) in [5.41, 5.74) is 1.58. The van der Waals surface area contributed by atoms with Gasteiger partial charge in [-0.3, -0.25) is 0 Å². The zero-order chi connectivity index (χ0) is 25.1. The molecule has 0 saturated carbocycles. The van der Waals surface area contributed by atoms with Crippen molar-refractivity contribution in [2.24, 2.45) is 0 Å². The van der Waals surface area contributed by atoms with Crippen LogP contribution in [0.5, 0.6) is 11.5 Å². The van der Waals surface area contributed by atoms with Crippen LogP contribution in [0, 0.1) is 0 Å². The van der Waals surface area contributed by atoms with Crippen molar-refractivity contribution in [3.63, 3.8) is 0 Å². The van der Waals surface area contributed by atoms with Crippen LogP contribution in [0.15, 0.2) is 97.1 Å². The molecule has 0 atom stereocenters. The lowest BCUT2D eigenvalue weighted by Crippen LogP contribution is -2.07. The van der Waals surface area contributed by atoms with Crippen molar-refractivity contribution in [3.8, 4) is 11.5 Å². The number of ether oxygens (including phenoxy) is 2. The molecule has 178 valence electrons. The van der Waals surface area contributed by atoms with Crippen molar-refractivity contribution < 1.29 is 29.3 Å². The Morgan fingerprint density at radius 3 is 1.33 bits per heavy atom. The van der Waals surface area contributed by atoms with E-state index in [1.54, 1.807) is 36.4 Å². The largest absolute Gasteiger partial charge is 0.507 e. The molecule has 5 aromatic carbocycles. The summed E-state index contributed by atoms with van der Waals surface area (Å²) >= 11 is 0. The Bertz CT molecular complexity index is 1490. The molecule has 0 aliphatic rings. The van der Waals surface area contributed by atoms with Crippen molar-refractivity contribution in [2.75, 3.05) is 0 Å². The van der Waals surface area contributed by atoms with E-state index in [0.717, 1.165) is 21.5 Å². The third kappa shape index (κ3) is 4.83. The van der Waals surface area contributed by atoms with Crippen molar-refractivity contribution in [1.29, 1.82) is 0 Å². The SMILES string of the molecule is O=C(OCc1cccc(COC(=O)c2cc3ccccc3cc2O)c1)c1cc2ccccc2cc1O. The van der Waals surface area contributed by atoms with E-state index >= 15 is 0 Å². The fraction of sp³-hybridized carbons (Fsp3) is 0.0667. The Kier molecular flexibility index (Phi) is 6.24. The summed E-state index contributed by atoms with van der Waals surface area (Å²) in [4.78, 5) is 25.2. The molecule has 0 aliphatic carbocycles. The third-order valence-corrected chi connectivity index (χ3v) is 5.90. The molecule has 0 heterocycles. The summed E-state index contributed by atoms with van der Waals surface area (Å²) in [5, 5.41) is 23.8. The van der Waals surface area contributed by atoms with Gasteiger partial charge in [0.25, 0.3) is 0 Å². The highest BCUT2D eigenvalue weighted by atomic mass is 16.5. The lowest BCUT2D eigenvalue weighted by Gasteiger charge is -2.10. The maximum absolute atomic E-state index is 12.6. The number of rotatable bonds is 6. The second kappa shape index (κ2) is 9.80. The molecule has 2 N–H and O–H groups in total. The fourth-order valence-corrected chi connectivity index (χ4v) is 4.05. The van der Waals surface area contributed by atoms with Gasteiger partial charge in [-0.05, 0) is 63.0 Å². The third-order valence-electron chi connectivity index (χ3n) is 5.90. The average Bonchev–Trinajstić information content (AvgIpc) is 2.89. The molecule has 0 fully saturated rings. The molecule has 0 radical (unpaired) electrons. The van der Waals surface area contributed by atoms with Gasteiger partial charge in [0.2, 0.25) is 0 Å². The zero-order valence-corrected chi connectivity index (χ0v) is 19.2. The topological polar surface area (TPSA) is 93.1 Å². The minimum Gasteiger partial charge on any atom is -0.507 e. The van der Waals surface area contributed by atoms with Gasteiger partial charge in [0.05, 0.1) is 0 Å². The number of aromatic hydroxyl groups is 2. The van der Waals surface area contributed by atoms with Gasteiger partial charge >= 0.3 is 11.9 Å². The molecule has 5 aromatic rings. The molecule has 0 aromatic heterocycles. The predicted octanol–water partition coefficient (Wildman–Crippen LogP) is 6.12. The molecule has 0 bridgehead atoms. The molecule has 36 heavy (non-hydrogen) atoms. The number of fused-ring (bicyclic) bond motifs is 2. The number of hydrogen-bond donors (Lipinski definition) is 2. The van der Waals surface area contributed by atoms with E-state index < -0.39 is 11.9 Å². The number of hydrogen-bond acceptors (Lipinski definition) is 6. The average molecular weight is 479 g/mol. The van der Waals surface area contributed by atoms with E-state index in [-0.39, 0.29) is 35.8 Å². The highest BCUT2D eigenvalue weighted by Crippen LogP contribution is 2.27. The highest BCUT2D eigenvalue weighted by Gasteiger charge is 2.16. The van der Waals surface area contributed by atoms with Crippen LogP contribution in [0.3, 0.4) is 0 Å². The first-order valence-corrected chi connectivity index (χ1v) is 11.3. The maximum Gasteiger partial charge on any atom is 0.342 e. The van der Waals surface area contributed by atoms with Crippen LogP contribution in [0.1, 0.15) is 31.8 Å². The summed E-state index contributed by atoms with van der Waals surface area (Å²) in [5.74, 6) is -1.56. The fourth-order valence-electron chi connectivity index (χ4n) is 4.05. The van der Waals surface area contributed by atoms with Gasteiger partial charge in [-0.15, -0.1) is 0 Å². The highest BCUT2D eigenvalue weighted by molar-refractivity contribution is 5.99. The first-order valence-electron chi connectivity index (χ1n) is 11.3. The van der Waals surface area contributed by atoms with E-state index in [0.29, 0.717) is 11.1 Å². The second-order valence-corrected chi connectivity index (χ2v) is 8.41. The van der Waals surface area contributed by atoms with Crippen LogP contribution in [-0.4, -0.2) is 22.2 Å². The first kappa shape index (κ1) is 22.9. The van der Waals surface area contributed by atoms with E-state index in [1.165, 1.54) is 12.1 Å². The molecule has 5 rings (SSSR count). The van der Waals surface area contributed by atoms with Gasteiger partial charge in [-0.25, -0.2) is 9.59 Å². The lowest BCUT2D eigenvalue weighted by atomic mass is 10.1. The summed E-state index contributed by atoms with van der Waals surface area (Å²) in [6.45, 7) is -0.0311. The quantitative estimate of drug-likeness (QED) is 0.286. The Morgan fingerprint density at radius 2 is 0.917 bits per heavy atom. The van der Waals surface area contributed by atoms with Gasteiger partial charge in [-0.2, -0.15) is 0 Å². The van der Waals surface area contributed by atoms with Crippen molar-refractivity contribution in [2.45, 2.75) is 13.2 Å². The van der Waals surface area contributed by atoms with E-state index in [2.05, 4.69) is 0 Å². The summed E-state index contributed by atoms with van der Waals surface area (Å²) < 4.78 is 10.8. The molecule has 0 aliphatic heterocycles. The molecule has 0 unspecified atom stereocenters. The van der Waals surface area contributed by atoms with Crippen LogP contribution in [0.2, 0.25) is 0 Å². The monoisotopic (exact) mass is 478 g/mol. The van der Waals surface area contributed by atoms with Crippen LogP contribution in [0.4, 0.5) is 0 Å². The predicted molar refractivity (Wildman–Crippen MR) is 136 cm³/mol. The summed E-state index contributed by atoms with van der Waals surface area (Å²) in [6.07, 6.45) is 0. The molecule has 6 heteroatoms. The molecule has 0 saturated heterocycles. The summed E-state index contributed by atoms with van der Waals surface area (Å²) in [6, 6.07) is 28.2. The molecular weight excluding hydrogens is 456 g/mol. The van der Waals surface area contributed by atoms with Gasteiger partial charge in [0.1, 0.15) is 35.8 Å². The van der Waals surface area contributed by atoms with Gasteiger partial charge < -0.3 is 19.7 Å². The lowest BCUT2D eigenvalue weighted by molar-refractivity contribution is 0.0468. The van der Waals surface area contributed by atoms with Crippen molar-refractivity contribution in [1.82, 2.24) is 0 Å². The zero-order valence-electron chi connectivity index (χ0n) is 19.2. The molecule has 6 nitrogen and oxygen atoms in total. The minimum absolute atomic E-state index is 0.0155. The van der Waals surface area contributed by atoms with Gasteiger partial charge in [-0.1, -0.05) is 66.7 Å². The number of carbonyl (C=O) groups excluding carboxylic acids is 2. The molecule has 0 spiro atoms. The smallest absolute Gasteiger partial charge is 0.342 e. The van der Waals surface area contributed by atoms with E-state index in [1.807, 2.05) is 48.5 Å². The van der Waals surface area contributed by atoms with Crippen LogP contribution < -0.4 is 0 Å². The van der Waals surface area contributed by atoms with Gasteiger partial charge in [0, 0.05) is 0 Å². The summed E-state index contributed by atoms with van der Waals surface area (Å²) in [7, 11) is 0. The number of esters is 2. The second-order valence-electron chi connectivity index (χ2n) is 8.41. The normalized spacial score (nSPS) is 10.9. The number of carbonyl (C=O) groups is 2. The van der Waals surface area contributed by atoms with Crippen molar-refractivity contribution in [3.05, 3.63) is 119 Å². The van der Waals surface area contributed by atoms with Gasteiger partial charge in [0.15, 0.2) is 0 Å². The standard InChI is InChI=1S/C30H22O6/c31-27-15-23-10-3-1-8-21(23)13-25(27)29(33)35-17-19-6-5-7-20(12-19)18-36-30(34)26-14-22-9-2-4-11-24(22)16-28(26)32/h1-16,31-32H,17-18H2. The van der Waals surface area contributed by atoms with E-state index in [4.69, 9.17) is 9.47 Å². The number of phenols is 2. The van der Waals surface area contributed by atoms with Crippen molar-refractivity contribution >= 4 is 33.5 Å². The number of benzene rings is 5. The Hall–Kier alpha value is -4.84. The van der Waals surface area contributed by atoms with Crippen LogP contribution in [0.25, 0.3) is 21.5 Å². The maximum atomic E-state index is 12.6. The molecular formula is C30H22O6. The number of phenolic OH excluding ortho intramolecular Hbond substituents is 2. The van der Waals surface area contributed by atoms with Crippen LogP contribution >= 0.6 is 0 Å². The Labute approximate surface area is 207 Å². The first-order chi connectivity index (χ1) is 17.5.